The minimum atomic E-state index is 0.408. The minimum absolute atomic E-state index is 0.408. The highest BCUT2D eigenvalue weighted by atomic mass is 14.9. The molecule has 3 nitrogen and oxygen atoms in total. The third kappa shape index (κ3) is 6.05. The summed E-state index contributed by atoms with van der Waals surface area (Å²) in [4.78, 5) is 8.75. The summed E-state index contributed by atoms with van der Waals surface area (Å²) in [5, 5.41) is 3.35. The van der Waals surface area contributed by atoms with Crippen LogP contribution in [0.1, 0.15) is 51.5 Å². The fraction of sp³-hybridized carbons (Fsp3) is 0.280. The zero-order valence-corrected chi connectivity index (χ0v) is 17.3. The van der Waals surface area contributed by atoms with Crippen LogP contribution in [0.4, 0.5) is 5.69 Å². The number of nitrogens with zero attached hydrogens (tertiary/aromatic N) is 2. The van der Waals surface area contributed by atoms with Gasteiger partial charge in [0.25, 0.3) is 0 Å². The van der Waals surface area contributed by atoms with Gasteiger partial charge >= 0.3 is 0 Å². The molecule has 146 valence electrons. The average Bonchev–Trinajstić information content (AvgIpc) is 2.74. The number of rotatable bonds is 9. The SMILES string of the molecule is C=CC(=C\CC)/C(=C/N=C(C)C(=C)Nc1ccc(C2C=CN=CC2)cc1)CC. The summed E-state index contributed by atoms with van der Waals surface area (Å²) in [6.07, 6.45) is 14.8. The average molecular weight is 374 g/mol. The Labute approximate surface area is 169 Å². The predicted molar refractivity (Wildman–Crippen MR) is 124 cm³/mol. The second-order valence-corrected chi connectivity index (χ2v) is 6.74. The van der Waals surface area contributed by atoms with Crippen molar-refractivity contribution in [2.45, 2.75) is 46.0 Å². The van der Waals surface area contributed by atoms with Gasteiger partial charge in [0.2, 0.25) is 0 Å². The molecule has 0 bridgehead atoms. The molecule has 1 aromatic carbocycles. The number of aliphatic imine (C=N–C) groups is 2. The number of anilines is 1. The van der Waals surface area contributed by atoms with Gasteiger partial charge in [-0.25, -0.2) is 0 Å². The monoisotopic (exact) mass is 373 g/mol. The zero-order valence-electron chi connectivity index (χ0n) is 17.3. The Kier molecular flexibility index (Phi) is 8.41. The lowest BCUT2D eigenvalue weighted by Crippen LogP contribution is -2.07. The summed E-state index contributed by atoms with van der Waals surface area (Å²) in [6, 6.07) is 8.47. The van der Waals surface area contributed by atoms with Crippen molar-refractivity contribution in [3.63, 3.8) is 0 Å². The molecule has 3 heteroatoms. The van der Waals surface area contributed by atoms with Crippen molar-refractivity contribution in [2.24, 2.45) is 9.98 Å². The van der Waals surface area contributed by atoms with Crippen molar-refractivity contribution in [1.82, 2.24) is 0 Å². The largest absolute Gasteiger partial charge is 0.355 e. The normalized spacial score (nSPS) is 17.5. The van der Waals surface area contributed by atoms with E-state index >= 15 is 0 Å². The van der Waals surface area contributed by atoms with Crippen molar-refractivity contribution in [1.29, 1.82) is 0 Å². The van der Waals surface area contributed by atoms with Gasteiger partial charge in [-0.3, -0.25) is 9.98 Å². The molecule has 1 aliphatic heterocycles. The lowest BCUT2D eigenvalue weighted by atomic mass is 9.95. The van der Waals surface area contributed by atoms with Crippen molar-refractivity contribution < 1.29 is 0 Å². The van der Waals surface area contributed by atoms with Crippen molar-refractivity contribution in [3.05, 3.63) is 90.5 Å². The molecule has 1 unspecified atom stereocenters. The van der Waals surface area contributed by atoms with E-state index in [2.05, 4.69) is 78.7 Å². The molecule has 28 heavy (non-hydrogen) atoms. The Morgan fingerprint density at radius 1 is 1.29 bits per heavy atom. The summed E-state index contributed by atoms with van der Waals surface area (Å²) >= 11 is 0. The lowest BCUT2D eigenvalue weighted by Gasteiger charge is -2.14. The van der Waals surface area contributed by atoms with Crippen LogP contribution in [0, 0.1) is 0 Å². The van der Waals surface area contributed by atoms with Crippen molar-refractivity contribution >= 4 is 17.6 Å². The van der Waals surface area contributed by atoms with Crippen LogP contribution in [0.15, 0.2) is 94.9 Å². The van der Waals surface area contributed by atoms with Crippen LogP contribution in [-0.2, 0) is 0 Å². The third-order valence-corrected chi connectivity index (χ3v) is 4.75. The molecule has 0 radical (unpaired) electrons. The molecule has 0 aromatic heterocycles. The van der Waals surface area contributed by atoms with E-state index < -0.39 is 0 Å². The van der Waals surface area contributed by atoms with E-state index in [0.29, 0.717) is 5.92 Å². The Morgan fingerprint density at radius 3 is 2.61 bits per heavy atom. The Hall–Kier alpha value is -2.94. The van der Waals surface area contributed by atoms with E-state index in [4.69, 9.17) is 0 Å². The van der Waals surface area contributed by atoms with Crippen molar-refractivity contribution in [3.8, 4) is 0 Å². The van der Waals surface area contributed by atoms with E-state index in [9.17, 15) is 0 Å². The summed E-state index contributed by atoms with van der Waals surface area (Å²) in [5.74, 6) is 0.408. The molecule has 0 amide bonds. The molecule has 1 atom stereocenters. The minimum Gasteiger partial charge on any atom is -0.355 e. The number of hydrogen-bond donors (Lipinski definition) is 1. The molecule has 1 aliphatic rings. The molecule has 1 N–H and O–H groups in total. The molecule has 2 rings (SSSR count). The van der Waals surface area contributed by atoms with Gasteiger partial charge < -0.3 is 5.32 Å². The van der Waals surface area contributed by atoms with Crippen LogP contribution >= 0.6 is 0 Å². The Bertz CT molecular complexity index is 833. The van der Waals surface area contributed by atoms with Crippen LogP contribution in [0.2, 0.25) is 0 Å². The summed E-state index contributed by atoms with van der Waals surface area (Å²) in [5.41, 5.74) is 6.29. The molecule has 1 aromatic rings. The smallest absolute Gasteiger partial charge is 0.0601 e. The van der Waals surface area contributed by atoms with Crippen LogP contribution in [-0.4, -0.2) is 11.9 Å². The van der Waals surface area contributed by atoms with Gasteiger partial charge in [-0.15, -0.1) is 0 Å². The van der Waals surface area contributed by atoms with Crippen LogP contribution in [0.5, 0.6) is 0 Å². The summed E-state index contributed by atoms with van der Waals surface area (Å²) < 4.78 is 0. The van der Waals surface area contributed by atoms with Gasteiger partial charge in [-0.05, 0) is 55.0 Å². The van der Waals surface area contributed by atoms with E-state index in [1.807, 2.05) is 31.6 Å². The number of nitrogens with one attached hydrogen (secondary N) is 1. The Morgan fingerprint density at radius 2 is 2.04 bits per heavy atom. The maximum Gasteiger partial charge on any atom is 0.0601 e. The first-order valence-corrected chi connectivity index (χ1v) is 9.90. The molecule has 0 saturated carbocycles. The lowest BCUT2D eigenvalue weighted by molar-refractivity contribution is 0.887. The second kappa shape index (κ2) is 11.0. The van der Waals surface area contributed by atoms with Gasteiger partial charge in [0.05, 0.1) is 11.4 Å². The summed E-state index contributed by atoms with van der Waals surface area (Å²) in [6.45, 7) is 14.3. The van der Waals surface area contributed by atoms with Crippen molar-refractivity contribution in [2.75, 3.05) is 5.32 Å². The van der Waals surface area contributed by atoms with Crippen LogP contribution in [0.25, 0.3) is 0 Å². The van der Waals surface area contributed by atoms with Gasteiger partial charge in [0.1, 0.15) is 0 Å². The van der Waals surface area contributed by atoms with Gasteiger partial charge in [-0.2, -0.15) is 0 Å². The van der Waals surface area contributed by atoms with Crippen LogP contribution in [0.3, 0.4) is 0 Å². The quantitative estimate of drug-likeness (QED) is 0.368. The Balaban J connectivity index is 2.04. The fourth-order valence-corrected chi connectivity index (χ4v) is 2.98. The number of hydrogen-bond acceptors (Lipinski definition) is 3. The molecule has 0 aliphatic carbocycles. The van der Waals surface area contributed by atoms with Gasteiger partial charge in [-0.1, -0.05) is 57.4 Å². The third-order valence-electron chi connectivity index (χ3n) is 4.75. The summed E-state index contributed by atoms with van der Waals surface area (Å²) in [7, 11) is 0. The molecule has 0 spiro atoms. The van der Waals surface area contributed by atoms with E-state index in [0.717, 1.165) is 41.9 Å². The maximum atomic E-state index is 4.61. The standard InChI is InChI=1S/C25H31N3/c1-6-9-21(7-2)22(8-3)18-27-19(4)20(5)28-25-12-10-23(11-13-25)24-14-16-26-17-15-24/h7,9-14,16-18,24,28H,2,5-6,8,15H2,1,3-4H3/b21-9+,22-18+,27-19?. The topological polar surface area (TPSA) is 36.8 Å². The second-order valence-electron chi connectivity index (χ2n) is 6.74. The predicted octanol–water partition coefficient (Wildman–Crippen LogP) is 6.96. The van der Waals surface area contributed by atoms with E-state index in [1.54, 1.807) is 0 Å². The first kappa shape index (κ1) is 21.4. The molecule has 0 saturated heterocycles. The first-order chi connectivity index (χ1) is 13.6. The first-order valence-electron chi connectivity index (χ1n) is 9.90. The molecular formula is C25H31N3. The fourth-order valence-electron chi connectivity index (χ4n) is 2.98. The number of benzene rings is 1. The highest BCUT2D eigenvalue weighted by Gasteiger charge is 2.09. The van der Waals surface area contributed by atoms with Gasteiger partial charge in [0.15, 0.2) is 0 Å². The molecular weight excluding hydrogens is 342 g/mol. The highest BCUT2D eigenvalue weighted by molar-refractivity contribution is 6.00. The highest BCUT2D eigenvalue weighted by Crippen LogP contribution is 2.24. The van der Waals surface area contributed by atoms with Crippen LogP contribution < -0.4 is 5.32 Å². The van der Waals surface area contributed by atoms with E-state index in [-0.39, 0.29) is 0 Å². The number of allylic oxidation sites excluding steroid dienone is 6. The molecule has 0 fully saturated rings. The van der Waals surface area contributed by atoms with E-state index in [1.165, 1.54) is 11.1 Å². The zero-order chi connectivity index (χ0) is 20.4. The molecule has 1 heterocycles. The van der Waals surface area contributed by atoms with Gasteiger partial charge in [0, 0.05) is 30.2 Å². The maximum absolute atomic E-state index is 4.61.